The molecule has 1 aromatic carbocycles. The minimum absolute atomic E-state index is 0.138. The number of anilines is 3. The number of nitrogens with one attached hydrogen (secondary N) is 2. The summed E-state index contributed by atoms with van der Waals surface area (Å²) in [5.41, 5.74) is 1.58. The molecule has 8 nitrogen and oxygen atoms in total. The number of hydrogen-bond donors (Lipinski definition) is 2. The summed E-state index contributed by atoms with van der Waals surface area (Å²) >= 11 is 1.38. The summed E-state index contributed by atoms with van der Waals surface area (Å²) in [5.74, 6) is 1.23. The molecule has 0 aliphatic heterocycles. The van der Waals surface area contributed by atoms with Crippen LogP contribution in [0.15, 0.2) is 55.1 Å². The summed E-state index contributed by atoms with van der Waals surface area (Å²) in [6, 6.07) is 7.97. The van der Waals surface area contributed by atoms with Crippen LogP contribution in [0.2, 0.25) is 0 Å². The van der Waals surface area contributed by atoms with Crippen LogP contribution >= 0.6 is 11.3 Å². The normalized spacial score (nSPS) is 11.7. The Kier molecular flexibility index (Phi) is 5.75. The van der Waals surface area contributed by atoms with Crippen molar-refractivity contribution in [2.75, 3.05) is 17.7 Å². The number of benzene rings is 1. The maximum atomic E-state index is 13.2. The third kappa shape index (κ3) is 4.66. The molecule has 3 heterocycles. The number of ether oxygens (including phenoxy) is 1. The van der Waals surface area contributed by atoms with Gasteiger partial charge in [-0.25, -0.2) is 19.3 Å². The molecular formula is C20H18FN7OS. The zero-order chi connectivity index (χ0) is 20.9. The first-order chi connectivity index (χ1) is 14.6. The van der Waals surface area contributed by atoms with E-state index in [1.54, 1.807) is 50.1 Å². The average Bonchev–Trinajstić information content (AvgIpc) is 3.24. The average molecular weight is 423 g/mol. The molecular weight excluding hydrogens is 405 g/mol. The summed E-state index contributed by atoms with van der Waals surface area (Å²) in [7, 11) is 1.57. The van der Waals surface area contributed by atoms with Crippen LogP contribution in [-0.4, -0.2) is 32.0 Å². The lowest BCUT2D eigenvalue weighted by atomic mass is 10.1. The van der Waals surface area contributed by atoms with Crippen LogP contribution in [0.5, 0.6) is 5.19 Å². The van der Waals surface area contributed by atoms with E-state index in [2.05, 4.69) is 35.6 Å². The van der Waals surface area contributed by atoms with E-state index in [1.807, 2.05) is 6.92 Å². The number of nitrogens with zero attached hydrogens (tertiary/aromatic N) is 5. The fourth-order valence-corrected chi connectivity index (χ4v) is 3.39. The van der Waals surface area contributed by atoms with Crippen molar-refractivity contribution in [3.63, 3.8) is 0 Å². The SMILES string of the molecule is COc1ncc(-c2cc(Nc3cnccn3)nc(NC(C)c3ccc(F)cc3)n2)s1. The largest absolute Gasteiger partial charge is 0.473 e. The van der Waals surface area contributed by atoms with Crippen molar-refractivity contribution in [1.82, 2.24) is 24.9 Å². The van der Waals surface area contributed by atoms with Gasteiger partial charge in [0, 0.05) is 18.5 Å². The van der Waals surface area contributed by atoms with Crippen LogP contribution in [0.4, 0.5) is 22.0 Å². The molecule has 10 heteroatoms. The van der Waals surface area contributed by atoms with Gasteiger partial charge in [0.25, 0.3) is 5.19 Å². The Hall–Kier alpha value is -3.66. The van der Waals surface area contributed by atoms with Crippen molar-refractivity contribution in [3.8, 4) is 15.8 Å². The van der Waals surface area contributed by atoms with Crippen LogP contribution < -0.4 is 15.4 Å². The quantitative estimate of drug-likeness (QED) is 0.450. The number of rotatable bonds is 7. The van der Waals surface area contributed by atoms with Gasteiger partial charge in [-0.15, -0.1) is 0 Å². The molecule has 4 aromatic rings. The van der Waals surface area contributed by atoms with Gasteiger partial charge in [-0.05, 0) is 24.6 Å². The minimum atomic E-state index is -0.279. The van der Waals surface area contributed by atoms with Crippen LogP contribution in [0.1, 0.15) is 18.5 Å². The maximum absolute atomic E-state index is 13.2. The van der Waals surface area contributed by atoms with E-state index in [4.69, 9.17) is 4.74 Å². The molecule has 30 heavy (non-hydrogen) atoms. The molecule has 1 unspecified atom stereocenters. The molecule has 2 N–H and O–H groups in total. The van der Waals surface area contributed by atoms with Gasteiger partial charge in [0.15, 0.2) is 0 Å². The Bertz CT molecular complexity index is 1120. The van der Waals surface area contributed by atoms with Gasteiger partial charge < -0.3 is 15.4 Å². The van der Waals surface area contributed by atoms with Crippen molar-refractivity contribution in [1.29, 1.82) is 0 Å². The third-order valence-electron chi connectivity index (χ3n) is 4.17. The molecule has 4 rings (SSSR count). The molecule has 0 fully saturated rings. The van der Waals surface area contributed by atoms with Gasteiger partial charge in [0.2, 0.25) is 5.95 Å². The number of hydrogen-bond acceptors (Lipinski definition) is 9. The van der Waals surface area contributed by atoms with Crippen molar-refractivity contribution >= 4 is 28.9 Å². The third-order valence-corrected chi connectivity index (χ3v) is 5.15. The fourth-order valence-electron chi connectivity index (χ4n) is 2.70. The smallest absolute Gasteiger partial charge is 0.273 e. The van der Waals surface area contributed by atoms with Gasteiger partial charge in [-0.2, -0.15) is 4.98 Å². The van der Waals surface area contributed by atoms with Gasteiger partial charge in [0.1, 0.15) is 17.5 Å². The van der Waals surface area contributed by atoms with Gasteiger partial charge in [0.05, 0.1) is 36.1 Å². The zero-order valence-corrected chi connectivity index (χ0v) is 17.0. The number of halogens is 1. The van der Waals surface area contributed by atoms with Gasteiger partial charge in [-0.1, -0.05) is 23.5 Å². The maximum Gasteiger partial charge on any atom is 0.273 e. The standard InChI is InChI=1S/C20H18FN7OS/c1-12(13-3-5-14(21)6-4-13)25-19-26-15(16-10-24-20(29-2)30-16)9-17(28-19)27-18-11-22-7-8-23-18/h3-12H,1-2H3,(H2,23,25,26,27,28). The topological polar surface area (TPSA) is 97.7 Å². The molecule has 0 aliphatic carbocycles. The van der Waals surface area contributed by atoms with Crippen LogP contribution in [0.25, 0.3) is 10.6 Å². The second kappa shape index (κ2) is 8.78. The molecule has 0 radical (unpaired) electrons. The van der Waals surface area contributed by atoms with Crippen LogP contribution in [0, 0.1) is 5.82 Å². The molecule has 1 atom stereocenters. The number of thiazole rings is 1. The first kappa shape index (κ1) is 19.6. The first-order valence-electron chi connectivity index (χ1n) is 9.05. The minimum Gasteiger partial charge on any atom is -0.473 e. The molecule has 0 aliphatic rings. The van der Waals surface area contributed by atoms with Crippen molar-refractivity contribution in [2.45, 2.75) is 13.0 Å². The lowest BCUT2D eigenvalue weighted by Gasteiger charge is -2.16. The van der Waals surface area contributed by atoms with E-state index in [1.165, 1.54) is 23.5 Å². The summed E-state index contributed by atoms with van der Waals surface area (Å²) in [6.07, 6.45) is 6.49. The Morgan fingerprint density at radius 2 is 1.87 bits per heavy atom. The van der Waals surface area contributed by atoms with Crippen LogP contribution in [-0.2, 0) is 0 Å². The van der Waals surface area contributed by atoms with E-state index < -0.39 is 0 Å². The summed E-state index contributed by atoms with van der Waals surface area (Å²) in [6.45, 7) is 1.95. The van der Waals surface area contributed by atoms with Gasteiger partial charge in [-0.3, -0.25) is 4.98 Å². The zero-order valence-electron chi connectivity index (χ0n) is 16.2. The fraction of sp³-hybridized carbons (Fsp3) is 0.150. The van der Waals surface area contributed by atoms with E-state index in [0.717, 1.165) is 10.4 Å². The highest BCUT2D eigenvalue weighted by atomic mass is 32.1. The molecule has 0 amide bonds. The summed E-state index contributed by atoms with van der Waals surface area (Å²) < 4.78 is 18.4. The molecule has 0 saturated carbocycles. The molecule has 0 saturated heterocycles. The summed E-state index contributed by atoms with van der Waals surface area (Å²) in [4.78, 5) is 22.5. The van der Waals surface area contributed by atoms with E-state index in [-0.39, 0.29) is 11.9 Å². The van der Waals surface area contributed by atoms with Crippen LogP contribution in [0.3, 0.4) is 0 Å². The van der Waals surface area contributed by atoms with E-state index in [0.29, 0.717) is 28.5 Å². The molecule has 152 valence electrons. The second-order valence-electron chi connectivity index (χ2n) is 6.29. The molecule has 0 bridgehead atoms. The second-order valence-corrected chi connectivity index (χ2v) is 7.28. The number of methoxy groups -OCH3 is 1. The Balaban J connectivity index is 1.66. The lowest BCUT2D eigenvalue weighted by molar-refractivity contribution is 0.412. The van der Waals surface area contributed by atoms with E-state index in [9.17, 15) is 4.39 Å². The Morgan fingerprint density at radius 1 is 1.03 bits per heavy atom. The Morgan fingerprint density at radius 3 is 2.57 bits per heavy atom. The monoisotopic (exact) mass is 423 g/mol. The van der Waals surface area contributed by atoms with Crippen molar-refractivity contribution < 1.29 is 9.13 Å². The highest BCUT2D eigenvalue weighted by Crippen LogP contribution is 2.31. The first-order valence-corrected chi connectivity index (χ1v) is 9.86. The molecule has 3 aromatic heterocycles. The summed E-state index contributed by atoms with van der Waals surface area (Å²) in [5, 5.41) is 6.94. The van der Waals surface area contributed by atoms with E-state index >= 15 is 0 Å². The number of aromatic nitrogens is 5. The molecule has 0 spiro atoms. The predicted molar refractivity (Wildman–Crippen MR) is 113 cm³/mol. The Labute approximate surface area is 176 Å². The van der Waals surface area contributed by atoms with Gasteiger partial charge >= 0.3 is 0 Å². The highest BCUT2D eigenvalue weighted by molar-refractivity contribution is 7.16. The van der Waals surface area contributed by atoms with Crippen molar-refractivity contribution in [2.24, 2.45) is 0 Å². The highest BCUT2D eigenvalue weighted by Gasteiger charge is 2.14. The lowest BCUT2D eigenvalue weighted by Crippen LogP contribution is -2.11. The predicted octanol–water partition coefficient (Wildman–Crippen LogP) is 4.45. The van der Waals surface area contributed by atoms with Crippen molar-refractivity contribution in [3.05, 3.63) is 66.5 Å².